The molecule has 0 amide bonds. The van der Waals surface area contributed by atoms with Crippen molar-refractivity contribution in [1.82, 2.24) is 0 Å². The van der Waals surface area contributed by atoms with E-state index in [1.165, 1.54) is 44.9 Å². The molecule has 0 nitrogen and oxygen atoms in total. The Morgan fingerprint density at radius 3 is 2.81 bits per heavy atom. The van der Waals surface area contributed by atoms with Gasteiger partial charge in [-0.2, -0.15) is 0 Å². The molecular formula is C16H26. The minimum absolute atomic E-state index is 0.887. The summed E-state index contributed by atoms with van der Waals surface area (Å²) in [5, 5.41) is 0. The van der Waals surface area contributed by atoms with Crippen LogP contribution in [0.3, 0.4) is 0 Å². The van der Waals surface area contributed by atoms with Gasteiger partial charge in [-0.05, 0) is 49.9 Å². The van der Waals surface area contributed by atoms with Gasteiger partial charge in [0.1, 0.15) is 0 Å². The summed E-state index contributed by atoms with van der Waals surface area (Å²) in [6.07, 6.45) is 16.9. The van der Waals surface area contributed by atoms with Gasteiger partial charge in [0.05, 0.1) is 0 Å². The standard InChI is InChI=1S/C16H26/c1-3-13-12-14(4-2)16-11-9-7-5-6-8-10-15(13)16/h6,8,10,13-14,16H,3-5,7,9,11-12H2,1-2H3/b8-6+,15-10-. The summed E-state index contributed by atoms with van der Waals surface area (Å²) in [6.45, 7) is 4.74. The van der Waals surface area contributed by atoms with Gasteiger partial charge in [0.15, 0.2) is 0 Å². The van der Waals surface area contributed by atoms with E-state index in [0.29, 0.717) is 0 Å². The molecule has 0 heteroatoms. The zero-order valence-corrected chi connectivity index (χ0v) is 10.9. The highest BCUT2D eigenvalue weighted by Crippen LogP contribution is 2.46. The highest BCUT2D eigenvalue weighted by atomic mass is 14.4. The average molecular weight is 218 g/mol. The van der Waals surface area contributed by atoms with Gasteiger partial charge in [-0.25, -0.2) is 0 Å². The van der Waals surface area contributed by atoms with Crippen molar-refractivity contribution >= 4 is 0 Å². The van der Waals surface area contributed by atoms with E-state index in [1.54, 1.807) is 5.57 Å². The Bertz CT molecular complexity index is 272. The molecule has 2 aliphatic rings. The topological polar surface area (TPSA) is 0 Å². The lowest BCUT2D eigenvalue weighted by Gasteiger charge is -2.19. The van der Waals surface area contributed by atoms with E-state index in [4.69, 9.17) is 0 Å². The quantitative estimate of drug-likeness (QED) is 0.604. The molecule has 2 aliphatic carbocycles. The predicted molar refractivity (Wildman–Crippen MR) is 71.4 cm³/mol. The fraction of sp³-hybridized carbons (Fsp3) is 0.750. The molecule has 3 atom stereocenters. The van der Waals surface area contributed by atoms with E-state index < -0.39 is 0 Å². The largest absolute Gasteiger partial charge is 0.0845 e. The Labute approximate surface area is 101 Å². The van der Waals surface area contributed by atoms with E-state index in [9.17, 15) is 0 Å². The van der Waals surface area contributed by atoms with Gasteiger partial charge in [0, 0.05) is 0 Å². The second-order valence-corrected chi connectivity index (χ2v) is 5.49. The Hall–Kier alpha value is -0.520. The smallest absolute Gasteiger partial charge is 0.0169 e. The summed E-state index contributed by atoms with van der Waals surface area (Å²) < 4.78 is 0. The number of fused-ring (bicyclic) bond motifs is 1. The lowest BCUT2D eigenvalue weighted by Crippen LogP contribution is -2.08. The van der Waals surface area contributed by atoms with Crippen LogP contribution in [0.5, 0.6) is 0 Å². The molecule has 90 valence electrons. The van der Waals surface area contributed by atoms with Crippen LogP contribution in [0, 0.1) is 17.8 Å². The molecule has 1 fully saturated rings. The predicted octanol–water partition coefficient (Wildman–Crippen LogP) is 5.12. The summed E-state index contributed by atoms with van der Waals surface area (Å²) in [4.78, 5) is 0. The van der Waals surface area contributed by atoms with Crippen molar-refractivity contribution in [2.75, 3.05) is 0 Å². The van der Waals surface area contributed by atoms with Crippen LogP contribution in [0.15, 0.2) is 23.8 Å². The Balaban J connectivity index is 2.20. The molecular weight excluding hydrogens is 192 g/mol. The zero-order chi connectivity index (χ0) is 11.4. The lowest BCUT2D eigenvalue weighted by molar-refractivity contribution is 0.370. The highest BCUT2D eigenvalue weighted by Gasteiger charge is 2.35. The first-order chi connectivity index (χ1) is 7.86. The molecule has 0 heterocycles. The average Bonchev–Trinajstić information content (AvgIpc) is 2.69. The number of rotatable bonds is 2. The Kier molecular flexibility index (Phi) is 4.26. The van der Waals surface area contributed by atoms with Crippen molar-refractivity contribution in [3.63, 3.8) is 0 Å². The maximum atomic E-state index is 2.46. The molecule has 0 bridgehead atoms. The van der Waals surface area contributed by atoms with Crippen molar-refractivity contribution in [2.24, 2.45) is 17.8 Å². The minimum Gasteiger partial charge on any atom is -0.0845 e. The molecule has 1 saturated carbocycles. The van der Waals surface area contributed by atoms with Crippen LogP contribution >= 0.6 is 0 Å². The summed E-state index contributed by atoms with van der Waals surface area (Å²) >= 11 is 0. The van der Waals surface area contributed by atoms with E-state index in [0.717, 1.165) is 17.8 Å². The first-order valence-corrected chi connectivity index (χ1v) is 7.23. The lowest BCUT2D eigenvalue weighted by atomic mass is 9.86. The van der Waals surface area contributed by atoms with Crippen LogP contribution in [0.4, 0.5) is 0 Å². The summed E-state index contributed by atoms with van der Waals surface area (Å²) in [6, 6.07) is 0. The van der Waals surface area contributed by atoms with Gasteiger partial charge in [-0.1, -0.05) is 50.5 Å². The fourth-order valence-electron chi connectivity index (χ4n) is 3.66. The zero-order valence-electron chi connectivity index (χ0n) is 10.9. The van der Waals surface area contributed by atoms with Crippen LogP contribution in [0.1, 0.15) is 58.8 Å². The van der Waals surface area contributed by atoms with Gasteiger partial charge in [-0.15, -0.1) is 0 Å². The van der Waals surface area contributed by atoms with Crippen LogP contribution in [0.2, 0.25) is 0 Å². The monoisotopic (exact) mass is 218 g/mol. The van der Waals surface area contributed by atoms with Crippen LogP contribution in [-0.4, -0.2) is 0 Å². The summed E-state index contributed by atoms with van der Waals surface area (Å²) in [7, 11) is 0. The Morgan fingerprint density at radius 2 is 2.06 bits per heavy atom. The van der Waals surface area contributed by atoms with Crippen molar-refractivity contribution < 1.29 is 0 Å². The molecule has 0 radical (unpaired) electrons. The SMILES string of the molecule is CCC1CC(CC)C2CCCC/C=C/C=C/12. The first-order valence-electron chi connectivity index (χ1n) is 7.23. The molecule has 3 unspecified atom stereocenters. The second kappa shape index (κ2) is 5.70. The molecule has 0 aromatic rings. The van der Waals surface area contributed by atoms with E-state index in [-0.39, 0.29) is 0 Å². The molecule has 0 aliphatic heterocycles. The van der Waals surface area contributed by atoms with Gasteiger partial charge >= 0.3 is 0 Å². The van der Waals surface area contributed by atoms with Crippen LogP contribution < -0.4 is 0 Å². The molecule has 0 spiro atoms. The Morgan fingerprint density at radius 1 is 1.19 bits per heavy atom. The minimum atomic E-state index is 0.887. The third-order valence-electron chi connectivity index (χ3n) is 4.63. The second-order valence-electron chi connectivity index (χ2n) is 5.49. The van der Waals surface area contributed by atoms with Crippen molar-refractivity contribution in [3.8, 4) is 0 Å². The van der Waals surface area contributed by atoms with Crippen molar-refractivity contribution in [2.45, 2.75) is 58.8 Å². The third-order valence-corrected chi connectivity index (χ3v) is 4.63. The molecule has 16 heavy (non-hydrogen) atoms. The highest BCUT2D eigenvalue weighted by molar-refractivity contribution is 5.23. The van der Waals surface area contributed by atoms with Gasteiger partial charge in [0.25, 0.3) is 0 Å². The molecule has 0 aromatic carbocycles. The molecule has 0 saturated heterocycles. The first kappa shape index (κ1) is 12.0. The third kappa shape index (κ3) is 2.42. The van der Waals surface area contributed by atoms with Gasteiger partial charge < -0.3 is 0 Å². The fourth-order valence-corrected chi connectivity index (χ4v) is 3.66. The maximum absolute atomic E-state index is 2.46. The normalized spacial score (nSPS) is 40.1. The van der Waals surface area contributed by atoms with Crippen LogP contribution in [0.25, 0.3) is 0 Å². The summed E-state index contributed by atoms with van der Waals surface area (Å²) in [5.41, 5.74) is 1.78. The van der Waals surface area contributed by atoms with Crippen molar-refractivity contribution in [3.05, 3.63) is 23.8 Å². The number of hydrogen-bond donors (Lipinski definition) is 0. The van der Waals surface area contributed by atoms with Crippen molar-refractivity contribution in [1.29, 1.82) is 0 Å². The van der Waals surface area contributed by atoms with Gasteiger partial charge in [-0.3, -0.25) is 0 Å². The number of hydrogen-bond acceptors (Lipinski definition) is 0. The van der Waals surface area contributed by atoms with Gasteiger partial charge in [0.2, 0.25) is 0 Å². The molecule has 0 aromatic heterocycles. The summed E-state index contributed by atoms with van der Waals surface area (Å²) in [5.74, 6) is 2.78. The molecule has 2 rings (SSSR count). The molecule has 0 N–H and O–H groups in total. The van der Waals surface area contributed by atoms with E-state index in [1.807, 2.05) is 0 Å². The van der Waals surface area contributed by atoms with E-state index >= 15 is 0 Å². The van der Waals surface area contributed by atoms with Crippen LogP contribution in [-0.2, 0) is 0 Å². The van der Waals surface area contributed by atoms with E-state index in [2.05, 4.69) is 32.1 Å². The number of allylic oxidation sites excluding steroid dienone is 4. The maximum Gasteiger partial charge on any atom is -0.0169 e.